The van der Waals surface area contributed by atoms with Gasteiger partial charge in [0.25, 0.3) is 0 Å². The SMILES string of the molecule is COc1ccc(CCNC(N)=NCCCN2CCCCCC2)cc1OC.I. The summed E-state index contributed by atoms with van der Waals surface area (Å²) in [4.78, 5) is 6.99. The van der Waals surface area contributed by atoms with Crippen LogP contribution in [-0.4, -0.2) is 57.8 Å². The number of methoxy groups -OCH3 is 2. The molecule has 1 aromatic rings. The number of nitrogens with one attached hydrogen (secondary N) is 1. The molecule has 154 valence electrons. The second-order valence-electron chi connectivity index (χ2n) is 6.74. The van der Waals surface area contributed by atoms with Gasteiger partial charge in [-0.15, -0.1) is 24.0 Å². The highest BCUT2D eigenvalue weighted by atomic mass is 127. The van der Waals surface area contributed by atoms with Crippen molar-refractivity contribution in [2.75, 3.05) is 46.9 Å². The predicted octanol–water partition coefficient (Wildman–Crippen LogP) is 3.03. The molecule has 6 nitrogen and oxygen atoms in total. The van der Waals surface area contributed by atoms with E-state index >= 15 is 0 Å². The molecule has 3 N–H and O–H groups in total. The Kier molecular flexibility index (Phi) is 12.2. The van der Waals surface area contributed by atoms with E-state index < -0.39 is 0 Å². The summed E-state index contributed by atoms with van der Waals surface area (Å²) in [5.41, 5.74) is 7.13. The number of likely N-dealkylation sites (tertiary alicyclic amines) is 1. The van der Waals surface area contributed by atoms with Gasteiger partial charge in [-0.1, -0.05) is 18.9 Å². The second-order valence-corrected chi connectivity index (χ2v) is 6.74. The summed E-state index contributed by atoms with van der Waals surface area (Å²) in [5.74, 6) is 2.02. The third kappa shape index (κ3) is 9.01. The predicted molar refractivity (Wildman–Crippen MR) is 123 cm³/mol. The lowest BCUT2D eigenvalue weighted by Crippen LogP contribution is -2.33. The minimum atomic E-state index is 0. The number of nitrogens with zero attached hydrogens (tertiary/aromatic N) is 2. The van der Waals surface area contributed by atoms with Gasteiger partial charge in [0.2, 0.25) is 0 Å². The van der Waals surface area contributed by atoms with Crippen LogP contribution >= 0.6 is 24.0 Å². The third-order valence-corrected chi connectivity index (χ3v) is 4.78. The maximum Gasteiger partial charge on any atom is 0.188 e. The van der Waals surface area contributed by atoms with Crippen molar-refractivity contribution < 1.29 is 9.47 Å². The van der Waals surface area contributed by atoms with Gasteiger partial charge < -0.3 is 25.4 Å². The zero-order valence-electron chi connectivity index (χ0n) is 16.7. The molecule has 1 aliphatic heterocycles. The fourth-order valence-corrected chi connectivity index (χ4v) is 3.28. The van der Waals surface area contributed by atoms with Gasteiger partial charge in [-0.3, -0.25) is 4.99 Å². The second kappa shape index (κ2) is 13.9. The normalized spacial score (nSPS) is 15.6. The summed E-state index contributed by atoms with van der Waals surface area (Å²) in [5, 5.41) is 3.19. The fourth-order valence-electron chi connectivity index (χ4n) is 3.28. The van der Waals surface area contributed by atoms with Crippen molar-refractivity contribution in [2.24, 2.45) is 10.7 Å². The molecule has 0 saturated carbocycles. The Morgan fingerprint density at radius 1 is 1.11 bits per heavy atom. The van der Waals surface area contributed by atoms with Crippen LogP contribution in [0.4, 0.5) is 0 Å². The standard InChI is InChI=1S/C20H34N4O2.HI/c1-25-18-9-8-17(16-19(18)26-2)10-12-23-20(21)22-11-7-15-24-13-5-3-4-6-14-24;/h8-9,16H,3-7,10-15H2,1-2H3,(H3,21,22,23);1H. The number of nitrogens with two attached hydrogens (primary N) is 1. The third-order valence-electron chi connectivity index (χ3n) is 4.78. The summed E-state index contributed by atoms with van der Waals surface area (Å²) >= 11 is 0. The molecule has 0 aromatic heterocycles. The Bertz CT molecular complexity index is 561. The number of ether oxygens (including phenoxy) is 2. The zero-order chi connectivity index (χ0) is 18.6. The van der Waals surface area contributed by atoms with Gasteiger partial charge in [-0.05, 0) is 63.0 Å². The van der Waals surface area contributed by atoms with Crippen LogP contribution in [-0.2, 0) is 6.42 Å². The molecule has 2 rings (SSSR count). The van der Waals surface area contributed by atoms with E-state index in [1.807, 2.05) is 18.2 Å². The molecule has 27 heavy (non-hydrogen) atoms. The number of hydrogen-bond donors (Lipinski definition) is 2. The molecule has 0 amide bonds. The highest BCUT2D eigenvalue weighted by Crippen LogP contribution is 2.27. The number of hydrogen-bond acceptors (Lipinski definition) is 4. The number of halogens is 1. The summed E-state index contributed by atoms with van der Waals surface area (Å²) < 4.78 is 10.6. The number of aliphatic imine (C=N–C) groups is 1. The Balaban J connectivity index is 0.00000364. The largest absolute Gasteiger partial charge is 0.493 e. The monoisotopic (exact) mass is 490 g/mol. The molecule has 0 radical (unpaired) electrons. The van der Waals surface area contributed by atoms with Crippen molar-refractivity contribution >= 4 is 29.9 Å². The molecular formula is C20H35IN4O2. The molecule has 1 aromatic carbocycles. The zero-order valence-corrected chi connectivity index (χ0v) is 19.0. The van der Waals surface area contributed by atoms with E-state index in [9.17, 15) is 0 Å². The van der Waals surface area contributed by atoms with Crippen LogP contribution in [0.1, 0.15) is 37.7 Å². The van der Waals surface area contributed by atoms with E-state index in [4.69, 9.17) is 15.2 Å². The van der Waals surface area contributed by atoms with Gasteiger partial charge in [-0.2, -0.15) is 0 Å². The Labute approximate surface area is 180 Å². The molecule has 7 heteroatoms. The number of rotatable bonds is 9. The first-order chi connectivity index (χ1) is 12.7. The maximum absolute atomic E-state index is 5.96. The summed E-state index contributed by atoms with van der Waals surface area (Å²) in [7, 11) is 3.29. The van der Waals surface area contributed by atoms with Crippen LogP contribution < -0.4 is 20.5 Å². The molecule has 1 saturated heterocycles. The van der Waals surface area contributed by atoms with E-state index in [0.29, 0.717) is 5.96 Å². The van der Waals surface area contributed by atoms with Crippen LogP contribution in [0.5, 0.6) is 11.5 Å². The molecule has 0 unspecified atom stereocenters. The number of benzene rings is 1. The van der Waals surface area contributed by atoms with E-state index in [1.54, 1.807) is 14.2 Å². The van der Waals surface area contributed by atoms with Gasteiger partial charge in [0, 0.05) is 13.1 Å². The molecule has 0 bridgehead atoms. The lowest BCUT2D eigenvalue weighted by molar-refractivity contribution is 0.283. The van der Waals surface area contributed by atoms with Gasteiger partial charge >= 0.3 is 0 Å². The topological polar surface area (TPSA) is 72.1 Å². The van der Waals surface area contributed by atoms with Crippen LogP contribution in [0.25, 0.3) is 0 Å². The molecular weight excluding hydrogens is 455 g/mol. The first-order valence-electron chi connectivity index (χ1n) is 9.70. The van der Waals surface area contributed by atoms with Gasteiger partial charge in [0.1, 0.15) is 0 Å². The lowest BCUT2D eigenvalue weighted by Gasteiger charge is -2.18. The molecule has 0 aliphatic carbocycles. The van der Waals surface area contributed by atoms with Crippen molar-refractivity contribution in [3.05, 3.63) is 23.8 Å². The van der Waals surface area contributed by atoms with Crippen LogP contribution in [0.15, 0.2) is 23.2 Å². The van der Waals surface area contributed by atoms with Crippen LogP contribution in [0.2, 0.25) is 0 Å². The minimum absolute atomic E-state index is 0. The van der Waals surface area contributed by atoms with Crippen LogP contribution in [0, 0.1) is 0 Å². The molecule has 1 fully saturated rings. The molecule has 1 heterocycles. The average molecular weight is 490 g/mol. The van der Waals surface area contributed by atoms with E-state index in [0.717, 1.165) is 44.0 Å². The first kappa shape index (κ1) is 23.8. The average Bonchev–Trinajstić information content (AvgIpc) is 2.94. The highest BCUT2D eigenvalue weighted by molar-refractivity contribution is 14.0. The molecule has 1 aliphatic rings. The molecule has 0 atom stereocenters. The van der Waals surface area contributed by atoms with Crippen molar-refractivity contribution in [1.29, 1.82) is 0 Å². The van der Waals surface area contributed by atoms with Crippen molar-refractivity contribution in [3.8, 4) is 11.5 Å². The minimum Gasteiger partial charge on any atom is -0.493 e. The van der Waals surface area contributed by atoms with E-state index in [-0.39, 0.29) is 24.0 Å². The first-order valence-corrected chi connectivity index (χ1v) is 9.70. The van der Waals surface area contributed by atoms with Crippen molar-refractivity contribution in [3.63, 3.8) is 0 Å². The summed E-state index contributed by atoms with van der Waals surface area (Å²) in [6.07, 6.45) is 7.35. The van der Waals surface area contributed by atoms with Crippen molar-refractivity contribution in [1.82, 2.24) is 10.2 Å². The quantitative estimate of drug-likeness (QED) is 0.241. The smallest absolute Gasteiger partial charge is 0.188 e. The fraction of sp³-hybridized carbons (Fsp3) is 0.650. The van der Waals surface area contributed by atoms with Crippen molar-refractivity contribution in [2.45, 2.75) is 38.5 Å². The maximum atomic E-state index is 5.96. The summed E-state index contributed by atoms with van der Waals surface area (Å²) in [6, 6.07) is 5.96. The van der Waals surface area contributed by atoms with Gasteiger partial charge in [0.15, 0.2) is 17.5 Å². The van der Waals surface area contributed by atoms with Crippen LogP contribution in [0.3, 0.4) is 0 Å². The summed E-state index contributed by atoms with van der Waals surface area (Å²) in [6.45, 7) is 5.14. The van der Waals surface area contributed by atoms with Gasteiger partial charge in [-0.25, -0.2) is 0 Å². The molecule has 0 spiro atoms. The van der Waals surface area contributed by atoms with Gasteiger partial charge in [0.05, 0.1) is 14.2 Å². The Morgan fingerprint density at radius 3 is 2.48 bits per heavy atom. The Morgan fingerprint density at radius 2 is 1.81 bits per heavy atom. The van der Waals surface area contributed by atoms with E-state index in [1.165, 1.54) is 44.3 Å². The van der Waals surface area contributed by atoms with E-state index in [2.05, 4.69) is 15.2 Å². The number of guanidine groups is 1. The Hall–Kier alpha value is -1.22. The highest BCUT2D eigenvalue weighted by Gasteiger charge is 2.08. The lowest BCUT2D eigenvalue weighted by atomic mass is 10.1.